The zero-order chi connectivity index (χ0) is 18.6. The lowest BCUT2D eigenvalue weighted by Gasteiger charge is -2.15. The zero-order valence-electron chi connectivity index (χ0n) is 15.8. The van der Waals surface area contributed by atoms with Gasteiger partial charge in [-0.3, -0.25) is 15.0 Å². The number of rotatable bonds is 5. The minimum atomic E-state index is 0. The number of aryl methyl sites for hydroxylation is 1. The van der Waals surface area contributed by atoms with E-state index in [0.29, 0.717) is 0 Å². The molecule has 4 aromatic rings. The van der Waals surface area contributed by atoms with Gasteiger partial charge in [0.1, 0.15) is 12.1 Å². The lowest BCUT2D eigenvalue weighted by atomic mass is 9.99. The van der Waals surface area contributed by atoms with E-state index in [0.717, 1.165) is 40.3 Å². The highest BCUT2D eigenvalue weighted by Gasteiger charge is 2.11. The fourth-order valence-corrected chi connectivity index (χ4v) is 3.01. The Morgan fingerprint density at radius 2 is 1.82 bits per heavy atom. The molecule has 0 unspecified atom stereocenters. The van der Waals surface area contributed by atoms with Crippen LogP contribution >= 0.6 is 13.5 Å². The van der Waals surface area contributed by atoms with Crippen LogP contribution in [0.25, 0.3) is 22.3 Å². The number of nitrogens with one attached hydrogen (secondary N) is 1. The Bertz CT molecular complexity index is 1060. The maximum atomic E-state index is 4.50. The smallest absolute Gasteiger partial charge is 0.129 e. The summed E-state index contributed by atoms with van der Waals surface area (Å²) in [7, 11) is 0. The quantitative estimate of drug-likeness (QED) is 0.552. The summed E-state index contributed by atoms with van der Waals surface area (Å²) in [4.78, 5) is 21.9. The van der Waals surface area contributed by atoms with Crippen molar-refractivity contribution < 1.29 is 0 Å². The Hall–Kier alpha value is -3.06. The van der Waals surface area contributed by atoms with Crippen LogP contribution < -0.4 is 5.32 Å². The molecular formula is C21H22N6S. The van der Waals surface area contributed by atoms with Crippen LogP contribution in [0.4, 0.5) is 5.82 Å². The summed E-state index contributed by atoms with van der Waals surface area (Å²) in [6, 6.07) is 12.1. The van der Waals surface area contributed by atoms with E-state index in [9.17, 15) is 0 Å². The topological polar surface area (TPSA) is 76.5 Å². The van der Waals surface area contributed by atoms with Crippen LogP contribution in [0.3, 0.4) is 0 Å². The van der Waals surface area contributed by atoms with Gasteiger partial charge in [-0.05, 0) is 30.7 Å². The number of hydrogen-bond donors (Lipinski definition) is 1. The molecule has 0 aliphatic carbocycles. The van der Waals surface area contributed by atoms with Gasteiger partial charge >= 0.3 is 0 Å². The predicted molar refractivity (Wildman–Crippen MR) is 117 cm³/mol. The van der Waals surface area contributed by atoms with Gasteiger partial charge in [-0.1, -0.05) is 19.1 Å². The minimum absolute atomic E-state index is 0. The van der Waals surface area contributed by atoms with Gasteiger partial charge in [0.15, 0.2) is 0 Å². The first kappa shape index (κ1) is 19.7. The monoisotopic (exact) mass is 390 g/mol. The molecule has 0 saturated heterocycles. The van der Waals surface area contributed by atoms with Crippen LogP contribution in [0, 0.1) is 6.92 Å². The molecule has 7 heteroatoms. The summed E-state index contributed by atoms with van der Waals surface area (Å²) in [6.45, 7) is 4.87. The molecule has 0 amide bonds. The molecule has 0 aliphatic rings. The van der Waals surface area contributed by atoms with E-state index in [-0.39, 0.29) is 19.4 Å². The summed E-state index contributed by atoms with van der Waals surface area (Å²) in [5, 5.41) is 3.41. The molecule has 1 atom stereocenters. The molecule has 1 N–H and O–H groups in total. The van der Waals surface area contributed by atoms with Crippen LogP contribution in [-0.2, 0) is 0 Å². The highest BCUT2D eigenvalue weighted by molar-refractivity contribution is 7.59. The molecule has 0 radical (unpaired) electrons. The SMILES string of the molecule is Cc1ccc(-c2cc(NC[C@@H](C)c3cccc4nccnc34)ncn2)cn1.S. The van der Waals surface area contributed by atoms with Gasteiger partial charge in [0.2, 0.25) is 0 Å². The van der Waals surface area contributed by atoms with Crippen molar-refractivity contribution in [3.8, 4) is 11.3 Å². The minimum Gasteiger partial charge on any atom is -0.369 e. The molecule has 6 nitrogen and oxygen atoms in total. The van der Waals surface area contributed by atoms with Gasteiger partial charge in [0, 0.05) is 48.4 Å². The van der Waals surface area contributed by atoms with Crippen molar-refractivity contribution in [2.45, 2.75) is 19.8 Å². The van der Waals surface area contributed by atoms with Gasteiger partial charge in [0.25, 0.3) is 0 Å². The third-order valence-electron chi connectivity index (χ3n) is 4.52. The fourth-order valence-electron chi connectivity index (χ4n) is 3.01. The first-order valence-corrected chi connectivity index (χ1v) is 8.89. The molecule has 0 fully saturated rings. The molecule has 1 aromatic carbocycles. The number of pyridine rings is 1. The maximum Gasteiger partial charge on any atom is 0.129 e. The Kier molecular flexibility index (Phi) is 6.16. The number of fused-ring (bicyclic) bond motifs is 1. The van der Waals surface area contributed by atoms with Crippen molar-refractivity contribution in [1.29, 1.82) is 0 Å². The second kappa shape index (κ2) is 8.75. The summed E-state index contributed by atoms with van der Waals surface area (Å²) >= 11 is 0. The first-order valence-electron chi connectivity index (χ1n) is 8.89. The van der Waals surface area contributed by atoms with Crippen LogP contribution in [0.15, 0.2) is 61.3 Å². The molecule has 3 heterocycles. The van der Waals surface area contributed by atoms with Crippen LogP contribution in [0.2, 0.25) is 0 Å². The van der Waals surface area contributed by atoms with E-state index < -0.39 is 0 Å². The van der Waals surface area contributed by atoms with Crippen molar-refractivity contribution in [3.05, 3.63) is 72.6 Å². The van der Waals surface area contributed by atoms with Crippen LogP contribution in [0.1, 0.15) is 24.1 Å². The Morgan fingerprint density at radius 1 is 0.964 bits per heavy atom. The Morgan fingerprint density at radius 3 is 2.64 bits per heavy atom. The van der Waals surface area contributed by atoms with Crippen molar-refractivity contribution in [2.75, 3.05) is 11.9 Å². The van der Waals surface area contributed by atoms with E-state index >= 15 is 0 Å². The van der Waals surface area contributed by atoms with Crippen molar-refractivity contribution in [1.82, 2.24) is 24.9 Å². The summed E-state index contributed by atoms with van der Waals surface area (Å²) < 4.78 is 0. The number of nitrogens with zero attached hydrogens (tertiary/aromatic N) is 5. The summed E-state index contributed by atoms with van der Waals surface area (Å²) in [5.74, 6) is 1.05. The van der Waals surface area contributed by atoms with E-state index in [2.05, 4.69) is 43.2 Å². The Balaban J connectivity index is 0.00000225. The summed E-state index contributed by atoms with van der Waals surface area (Å²) in [6.07, 6.45) is 6.86. The van der Waals surface area contributed by atoms with E-state index in [1.807, 2.05) is 43.5 Å². The van der Waals surface area contributed by atoms with Crippen molar-refractivity contribution in [2.24, 2.45) is 0 Å². The molecule has 0 aliphatic heterocycles. The number of aromatic nitrogens is 5. The zero-order valence-corrected chi connectivity index (χ0v) is 16.8. The lowest BCUT2D eigenvalue weighted by Crippen LogP contribution is -2.12. The Labute approximate surface area is 171 Å². The molecule has 3 aromatic heterocycles. The third-order valence-corrected chi connectivity index (χ3v) is 4.52. The van der Waals surface area contributed by atoms with Crippen LogP contribution in [0.5, 0.6) is 0 Å². The second-order valence-corrected chi connectivity index (χ2v) is 6.53. The third kappa shape index (κ3) is 4.26. The molecule has 4 rings (SSSR count). The van der Waals surface area contributed by atoms with Crippen molar-refractivity contribution >= 4 is 30.3 Å². The normalized spacial score (nSPS) is 11.6. The largest absolute Gasteiger partial charge is 0.369 e. The molecule has 28 heavy (non-hydrogen) atoms. The second-order valence-electron chi connectivity index (χ2n) is 6.53. The molecule has 0 bridgehead atoms. The highest BCUT2D eigenvalue weighted by Crippen LogP contribution is 2.24. The average Bonchev–Trinajstić information content (AvgIpc) is 2.72. The van der Waals surface area contributed by atoms with Gasteiger partial charge < -0.3 is 5.32 Å². The fraction of sp³-hybridized carbons (Fsp3) is 0.190. The highest BCUT2D eigenvalue weighted by atomic mass is 32.1. The number of benzene rings is 1. The number of anilines is 1. The van der Waals surface area contributed by atoms with Gasteiger partial charge in [-0.25, -0.2) is 9.97 Å². The van der Waals surface area contributed by atoms with Crippen LogP contribution in [-0.4, -0.2) is 31.5 Å². The van der Waals surface area contributed by atoms with E-state index in [1.165, 1.54) is 5.56 Å². The average molecular weight is 391 g/mol. The van der Waals surface area contributed by atoms with E-state index in [1.54, 1.807) is 18.7 Å². The first-order chi connectivity index (χ1) is 13.2. The number of hydrogen-bond acceptors (Lipinski definition) is 6. The van der Waals surface area contributed by atoms with E-state index in [4.69, 9.17) is 0 Å². The molecule has 0 spiro atoms. The van der Waals surface area contributed by atoms with Gasteiger partial charge in [-0.15, -0.1) is 0 Å². The molecule has 0 saturated carbocycles. The van der Waals surface area contributed by atoms with Gasteiger partial charge in [-0.2, -0.15) is 13.5 Å². The molecule has 142 valence electrons. The molecular weight excluding hydrogens is 368 g/mol. The van der Waals surface area contributed by atoms with Crippen molar-refractivity contribution in [3.63, 3.8) is 0 Å². The summed E-state index contributed by atoms with van der Waals surface area (Å²) in [5.41, 5.74) is 5.84. The maximum absolute atomic E-state index is 4.50. The van der Waals surface area contributed by atoms with Gasteiger partial charge in [0.05, 0.1) is 16.7 Å². The number of para-hydroxylation sites is 1. The predicted octanol–water partition coefficient (Wildman–Crippen LogP) is 4.12. The standard InChI is InChI=1S/C21H20N6.H2S/c1-14(17-4-3-5-18-21(17)23-9-8-22-18)11-25-20-10-19(26-13-27-20)16-7-6-15(2)24-12-16;/h3-10,12-14H,11H2,1-2H3,(H,25,26,27);1H2/t14-;/m1./s1. The lowest BCUT2D eigenvalue weighted by molar-refractivity contribution is 0.805.